The summed E-state index contributed by atoms with van der Waals surface area (Å²) < 4.78 is 4.99. The topological polar surface area (TPSA) is 75.8 Å². The highest BCUT2D eigenvalue weighted by molar-refractivity contribution is 5.94. The molecule has 1 aromatic carbocycles. The molecule has 1 aromatic rings. The van der Waals surface area contributed by atoms with Crippen LogP contribution in [-0.4, -0.2) is 49.3 Å². The Balaban J connectivity index is 2.73. The maximum absolute atomic E-state index is 12.2. The van der Waals surface area contributed by atoms with Crippen LogP contribution in [-0.2, 0) is 4.74 Å². The van der Waals surface area contributed by atoms with Gasteiger partial charge in [-0.05, 0) is 31.2 Å². The average Bonchev–Trinajstić information content (AvgIpc) is 2.38. The predicted molar refractivity (Wildman–Crippen MR) is 69.6 cm³/mol. The minimum Gasteiger partial charge on any atom is -0.508 e. The monoisotopic (exact) mass is 252 g/mol. The van der Waals surface area contributed by atoms with Crippen LogP contribution in [0.2, 0.25) is 0 Å². The van der Waals surface area contributed by atoms with Gasteiger partial charge in [-0.1, -0.05) is 6.07 Å². The van der Waals surface area contributed by atoms with E-state index in [1.165, 1.54) is 12.1 Å². The zero-order valence-electron chi connectivity index (χ0n) is 10.6. The van der Waals surface area contributed by atoms with Crippen LogP contribution in [0.25, 0.3) is 0 Å². The number of phenolic OH excluding ortho intramolecular Hbond substituents is 1. The molecule has 100 valence electrons. The zero-order chi connectivity index (χ0) is 13.4. The van der Waals surface area contributed by atoms with Crippen molar-refractivity contribution in [2.75, 3.05) is 33.4 Å². The third kappa shape index (κ3) is 4.35. The average molecular weight is 252 g/mol. The van der Waals surface area contributed by atoms with Crippen molar-refractivity contribution in [3.63, 3.8) is 0 Å². The summed E-state index contributed by atoms with van der Waals surface area (Å²) in [5, 5.41) is 9.38. The lowest BCUT2D eigenvalue weighted by molar-refractivity contribution is 0.0694. The first-order valence-electron chi connectivity index (χ1n) is 5.96. The van der Waals surface area contributed by atoms with Gasteiger partial charge >= 0.3 is 0 Å². The van der Waals surface area contributed by atoms with Crippen LogP contribution in [0, 0.1) is 0 Å². The lowest BCUT2D eigenvalue weighted by Gasteiger charge is -2.22. The highest BCUT2D eigenvalue weighted by atomic mass is 16.5. The maximum atomic E-state index is 12.2. The van der Waals surface area contributed by atoms with Crippen LogP contribution < -0.4 is 5.73 Å². The molecule has 0 fully saturated rings. The highest BCUT2D eigenvalue weighted by Crippen LogP contribution is 2.13. The predicted octanol–water partition coefficient (Wildman–Crippen LogP) is 0.830. The highest BCUT2D eigenvalue weighted by Gasteiger charge is 2.15. The van der Waals surface area contributed by atoms with Gasteiger partial charge in [-0.2, -0.15) is 0 Å². The van der Waals surface area contributed by atoms with Gasteiger partial charge in [-0.15, -0.1) is 0 Å². The van der Waals surface area contributed by atoms with Crippen molar-refractivity contribution >= 4 is 5.91 Å². The van der Waals surface area contributed by atoms with Crippen molar-refractivity contribution in [1.82, 2.24) is 4.90 Å². The molecule has 0 aliphatic heterocycles. The van der Waals surface area contributed by atoms with E-state index >= 15 is 0 Å². The van der Waals surface area contributed by atoms with Crippen LogP contribution >= 0.6 is 0 Å². The molecule has 5 heteroatoms. The number of nitrogens with two attached hydrogens (primary N) is 1. The third-order valence-electron chi connectivity index (χ3n) is 2.58. The second-order valence-electron chi connectivity index (χ2n) is 3.98. The van der Waals surface area contributed by atoms with Gasteiger partial charge in [0.2, 0.25) is 0 Å². The van der Waals surface area contributed by atoms with E-state index in [-0.39, 0.29) is 11.7 Å². The number of carbonyl (C=O) groups excluding carboxylic acids is 1. The summed E-state index contributed by atoms with van der Waals surface area (Å²) in [6.07, 6.45) is 0.744. The molecule has 0 heterocycles. The molecule has 0 atom stereocenters. The van der Waals surface area contributed by atoms with E-state index in [0.717, 1.165) is 6.42 Å². The molecule has 3 N–H and O–H groups in total. The normalized spacial score (nSPS) is 10.3. The van der Waals surface area contributed by atoms with Crippen molar-refractivity contribution in [3.05, 3.63) is 29.8 Å². The molecule has 0 spiro atoms. The van der Waals surface area contributed by atoms with Gasteiger partial charge in [0, 0.05) is 25.8 Å². The van der Waals surface area contributed by atoms with Gasteiger partial charge < -0.3 is 20.5 Å². The molecule has 0 radical (unpaired) electrons. The number of benzene rings is 1. The molecule has 0 unspecified atom stereocenters. The Labute approximate surface area is 107 Å². The molecule has 0 saturated carbocycles. The SMILES string of the molecule is COCCN(CCCN)C(=O)c1cccc(O)c1. The molecular weight excluding hydrogens is 232 g/mol. The Hall–Kier alpha value is -1.59. The number of hydrogen-bond donors (Lipinski definition) is 2. The van der Waals surface area contributed by atoms with Gasteiger partial charge in [0.1, 0.15) is 5.75 Å². The molecule has 0 bridgehead atoms. The number of amides is 1. The summed E-state index contributed by atoms with van der Waals surface area (Å²) in [7, 11) is 1.60. The number of hydrogen-bond acceptors (Lipinski definition) is 4. The molecule has 0 saturated heterocycles. The van der Waals surface area contributed by atoms with E-state index < -0.39 is 0 Å². The van der Waals surface area contributed by atoms with E-state index in [4.69, 9.17) is 10.5 Å². The van der Waals surface area contributed by atoms with Gasteiger partial charge in [-0.3, -0.25) is 4.79 Å². The van der Waals surface area contributed by atoms with E-state index in [9.17, 15) is 9.90 Å². The van der Waals surface area contributed by atoms with Crippen LogP contribution in [0.5, 0.6) is 5.75 Å². The quantitative estimate of drug-likeness (QED) is 0.753. The first-order valence-corrected chi connectivity index (χ1v) is 5.96. The Morgan fingerprint density at radius 1 is 1.44 bits per heavy atom. The number of aromatic hydroxyl groups is 1. The van der Waals surface area contributed by atoms with Crippen molar-refractivity contribution in [2.24, 2.45) is 5.73 Å². The first kappa shape index (κ1) is 14.5. The largest absolute Gasteiger partial charge is 0.508 e. The molecule has 0 aliphatic rings. The minimum atomic E-state index is -0.114. The van der Waals surface area contributed by atoms with Gasteiger partial charge in [0.15, 0.2) is 0 Å². The Bertz CT molecular complexity index is 374. The van der Waals surface area contributed by atoms with Crippen molar-refractivity contribution in [1.29, 1.82) is 0 Å². The lowest BCUT2D eigenvalue weighted by atomic mass is 10.2. The summed E-state index contributed by atoms with van der Waals surface area (Å²) in [5.41, 5.74) is 5.93. The number of methoxy groups -OCH3 is 1. The molecule has 0 aromatic heterocycles. The van der Waals surface area contributed by atoms with Crippen molar-refractivity contribution < 1.29 is 14.6 Å². The Morgan fingerprint density at radius 2 is 2.22 bits per heavy atom. The second-order valence-corrected chi connectivity index (χ2v) is 3.98. The van der Waals surface area contributed by atoms with Crippen molar-refractivity contribution in [3.8, 4) is 5.75 Å². The molecule has 1 rings (SSSR count). The van der Waals surface area contributed by atoms with Crippen LogP contribution in [0.3, 0.4) is 0 Å². The van der Waals surface area contributed by atoms with Crippen LogP contribution in [0.15, 0.2) is 24.3 Å². The summed E-state index contributed by atoms with van der Waals surface area (Å²) in [6.45, 7) is 2.13. The fourth-order valence-electron chi connectivity index (χ4n) is 1.62. The fraction of sp³-hybridized carbons (Fsp3) is 0.462. The lowest BCUT2D eigenvalue weighted by Crippen LogP contribution is -2.35. The maximum Gasteiger partial charge on any atom is 0.254 e. The summed E-state index contributed by atoms with van der Waals surface area (Å²) in [5.74, 6) is -0.0252. The van der Waals surface area contributed by atoms with E-state index in [2.05, 4.69) is 0 Å². The van der Waals surface area contributed by atoms with Gasteiger partial charge in [0.05, 0.1) is 6.61 Å². The zero-order valence-corrected chi connectivity index (χ0v) is 10.6. The Morgan fingerprint density at radius 3 is 2.83 bits per heavy atom. The van der Waals surface area contributed by atoms with Crippen LogP contribution in [0.4, 0.5) is 0 Å². The molecule has 5 nitrogen and oxygen atoms in total. The van der Waals surface area contributed by atoms with Crippen molar-refractivity contribution in [2.45, 2.75) is 6.42 Å². The summed E-state index contributed by atoms with van der Waals surface area (Å²) in [4.78, 5) is 13.9. The van der Waals surface area contributed by atoms with Gasteiger partial charge in [-0.25, -0.2) is 0 Å². The standard InChI is InChI=1S/C13H20N2O3/c1-18-9-8-15(7-3-6-14)13(17)11-4-2-5-12(16)10-11/h2,4-5,10,16H,3,6-9,14H2,1H3. The fourth-order valence-corrected chi connectivity index (χ4v) is 1.62. The summed E-state index contributed by atoms with van der Waals surface area (Å²) in [6, 6.07) is 6.34. The number of rotatable bonds is 7. The molecule has 1 amide bonds. The number of phenols is 1. The number of carbonyl (C=O) groups is 1. The third-order valence-corrected chi connectivity index (χ3v) is 2.58. The van der Waals surface area contributed by atoms with Gasteiger partial charge in [0.25, 0.3) is 5.91 Å². The minimum absolute atomic E-state index is 0.0892. The van der Waals surface area contributed by atoms with E-state index in [1.807, 2.05) is 0 Å². The summed E-state index contributed by atoms with van der Waals surface area (Å²) >= 11 is 0. The van der Waals surface area contributed by atoms with E-state index in [1.54, 1.807) is 24.1 Å². The molecular formula is C13H20N2O3. The first-order chi connectivity index (χ1) is 8.69. The second kappa shape index (κ2) is 7.68. The smallest absolute Gasteiger partial charge is 0.254 e. The number of ether oxygens (including phenoxy) is 1. The number of nitrogens with zero attached hydrogens (tertiary/aromatic N) is 1. The van der Waals surface area contributed by atoms with E-state index in [0.29, 0.717) is 31.8 Å². The van der Waals surface area contributed by atoms with Crippen LogP contribution in [0.1, 0.15) is 16.8 Å². The Kier molecular flexibility index (Phi) is 6.18. The molecule has 0 aliphatic carbocycles. The molecule has 18 heavy (non-hydrogen) atoms.